The first kappa shape index (κ1) is 19.3. The normalized spacial score (nSPS) is 14.5. The number of rotatable bonds is 6. The van der Waals surface area contributed by atoms with Gasteiger partial charge in [0.05, 0.1) is 10.8 Å². The minimum absolute atomic E-state index is 0.0582. The molecule has 0 N–H and O–H groups in total. The van der Waals surface area contributed by atoms with Crippen molar-refractivity contribution in [3.8, 4) is 24.7 Å². The van der Waals surface area contributed by atoms with E-state index in [0.717, 1.165) is 0 Å². The molecule has 0 amide bonds. The maximum Gasteiger partial charge on any atom is 0.319 e. The van der Waals surface area contributed by atoms with E-state index < -0.39 is 22.8 Å². The van der Waals surface area contributed by atoms with Crippen molar-refractivity contribution in [2.24, 2.45) is 22.7 Å². The zero-order valence-corrected chi connectivity index (χ0v) is 13.9. The van der Waals surface area contributed by atoms with Gasteiger partial charge in [0.15, 0.2) is 0 Å². The van der Waals surface area contributed by atoms with Crippen LogP contribution < -0.4 is 0 Å². The zero-order chi connectivity index (χ0) is 16.8. The van der Waals surface area contributed by atoms with Gasteiger partial charge in [0.2, 0.25) is 0 Å². The first-order chi connectivity index (χ1) is 9.46. The van der Waals surface area contributed by atoms with Gasteiger partial charge in [0, 0.05) is 11.8 Å². The van der Waals surface area contributed by atoms with Crippen LogP contribution in [0.1, 0.15) is 54.4 Å². The largest absolute Gasteiger partial charge is 0.392 e. The van der Waals surface area contributed by atoms with E-state index in [2.05, 4.69) is 11.8 Å². The second-order valence-electron chi connectivity index (χ2n) is 6.99. The minimum atomic E-state index is -0.796. The molecule has 0 fully saturated rings. The van der Waals surface area contributed by atoms with Gasteiger partial charge in [-0.2, -0.15) is 0 Å². The first-order valence-corrected chi connectivity index (χ1v) is 7.15. The molecule has 2 atom stereocenters. The second kappa shape index (κ2) is 7.32. The molecule has 116 valence electrons. The molecule has 0 aliphatic carbocycles. The van der Waals surface area contributed by atoms with Gasteiger partial charge in [-0.05, 0) is 40.5 Å². The van der Waals surface area contributed by atoms with Crippen LogP contribution in [0.5, 0.6) is 0 Å². The van der Waals surface area contributed by atoms with E-state index in [1.807, 2.05) is 13.8 Å². The van der Waals surface area contributed by atoms with Crippen LogP contribution >= 0.6 is 0 Å². The quantitative estimate of drug-likeness (QED) is 0.427. The minimum Gasteiger partial charge on any atom is -0.392 e. The van der Waals surface area contributed by atoms with Crippen LogP contribution in [0.15, 0.2) is 0 Å². The fraction of sp³-hybridized carbons (Fsp3) is 0.667. The smallest absolute Gasteiger partial charge is 0.319 e. The lowest BCUT2D eigenvalue weighted by atomic mass is 9.82. The average Bonchev–Trinajstić information content (AvgIpc) is 2.37. The van der Waals surface area contributed by atoms with Gasteiger partial charge in [-0.1, -0.05) is 13.8 Å². The fourth-order valence-electron chi connectivity index (χ4n) is 2.18. The van der Waals surface area contributed by atoms with Crippen molar-refractivity contribution in [1.82, 2.24) is 0 Å². The molecule has 21 heavy (non-hydrogen) atoms. The Bertz CT molecular complexity index is 428. The summed E-state index contributed by atoms with van der Waals surface area (Å²) in [5.74, 6) is 3.95. The van der Waals surface area contributed by atoms with Crippen molar-refractivity contribution in [3.63, 3.8) is 0 Å². The number of carbonyl (C=O) groups is 2. The first-order valence-electron chi connectivity index (χ1n) is 7.15. The van der Waals surface area contributed by atoms with Crippen LogP contribution in [0.4, 0.5) is 0 Å². The highest BCUT2D eigenvalue weighted by Crippen LogP contribution is 2.31. The molecular formula is C18H26O3. The lowest BCUT2D eigenvalue weighted by Crippen LogP contribution is -2.36. The molecule has 0 rings (SSSR count). The maximum absolute atomic E-state index is 12.2. The highest BCUT2D eigenvalue weighted by Gasteiger charge is 2.37. The molecule has 0 heterocycles. The molecule has 0 radical (unpaired) electrons. The molecule has 0 aromatic carbocycles. The third-order valence-corrected chi connectivity index (χ3v) is 3.49. The van der Waals surface area contributed by atoms with Crippen molar-refractivity contribution in [3.05, 3.63) is 0 Å². The van der Waals surface area contributed by atoms with Crippen LogP contribution in [0.25, 0.3) is 0 Å². The van der Waals surface area contributed by atoms with E-state index in [9.17, 15) is 9.59 Å². The van der Waals surface area contributed by atoms with Crippen LogP contribution in [0, 0.1) is 47.4 Å². The Kier molecular flexibility index (Phi) is 6.71. The maximum atomic E-state index is 12.2. The lowest BCUT2D eigenvalue weighted by Gasteiger charge is -2.27. The molecule has 0 spiro atoms. The summed E-state index contributed by atoms with van der Waals surface area (Å²) in [5, 5.41) is 0. The van der Waals surface area contributed by atoms with Crippen molar-refractivity contribution >= 4 is 11.9 Å². The molecule has 0 aromatic heterocycles. The van der Waals surface area contributed by atoms with Crippen molar-refractivity contribution < 1.29 is 14.3 Å². The van der Waals surface area contributed by atoms with Gasteiger partial charge in [-0.15, -0.1) is 24.7 Å². The van der Waals surface area contributed by atoms with Crippen molar-refractivity contribution in [2.75, 3.05) is 0 Å². The van der Waals surface area contributed by atoms with E-state index in [4.69, 9.17) is 17.6 Å². The third-order valence-electron chi connectivity index (χ3n) is 3.49. The highest BCUT2D eigenvalue weighted by atomic mass is 16.6. The molecule has 0 saturated carbocycles. The van der Waals surface area contributed by atoms with Gasteiger partial charge in [0.1, 0.15) is 0 Å². The summed E-state index contributed by atoms with van der Waals surface area (Å²) in [7, 11) is 0. The Balaban J connectivity index is 4.82. The molecule has 3 heteroatoms. The fourth-order valence-corrected chi connectivity index (χ4v) is 2.18. The zero-order valence-electron chi connectivity index (χ0n) is 13.9. The summed E-state index contributed by atoms with van der Waals surface area (Å²) >= 11 is 0. The number of carbonyl (C=O) groups excluding carboxylic acids is 2. The predicted octanol–water partition coefficient (Wildman–Crippen LogP) is 3.43. The van der Waals surface area contributed by atoms with Crippen molar-refractivity contribution in [1.29, 1.82) is 0 Å². The Morgan fingerprint density at radius 2 is 1.19 bits per heavy atom. The molecular weight excluding hydrogens is 264 g/mol. The molecule has 0 aliphatic heterocycles. The van der Waals surface area contributed by atoms with Gasteiger partial charge in [0.25, 0.3) is 0 Å². The van der Waals surface area contributed by atoms with Crippen LogP contribution in [0.2, 0.25) is 0 Å². The average molecular weight is 290 g/mol. The summed E-state index contributed by atoms with van der Waals surface area (Å²) in [5.41, 5.74) is -1.59. The van der Waals surface area contributed by atoms with Crippen LogP contribution in [0.3, 0.4) is 0 Å². The van der Waals surface area contributed by atoms with Gasteiger partial charge >= 0.3 is 11.9 Å². The number of ether oxygens (including phenoxy) is 1. The summed E-state index contributed by atoms with van der Waals surface area (Å²) < 4.78 is 5.06. The van der Waals surface area contributed by atoms with E-state index in [-0.39, 0.29) is 11.8 Å². The number of esters is 2. The molecule has 3 nitrogen and oxygen atoms in total. The number of terminal acetylenes is 2. The lowest BCUT2D eigenvalue weighted by molar-refractivity contribution is -0.173. The molecule has 0 aromatic rings. The Morgan fingerprint density at radius 3 is 1.43 bits per heavy atom. The molecule has 0 aliphatic rings. The Labute approximate surface area is 128 Å². The molecule has 0 bridgehead atoms. The summed E-state index contributed by atoms with van der Waals surface area (Å²) in [6.07, 6.45) is 11.6. The van der Waals surface area contributed by atoms with Crippen LogP contribution in [-0.4, -0.2) is 11.9 Å². The van der Waals surface area contributed by atoms with E-state index in [1.54, 1.807) is 27.7 Å². The van der Waals surface area contributed by atoms with E-state index >= 15 is 0 Å². The predicted molar refractivity (Wildman–Crippen MR) is 83.9 cm³/mol. The topological polar surface area (TPSA) is 43.4 Å². The standard InChI is InChI=1S/C18H26O3/c1-9-13(3)11-17(5,6)15(19)21-16(20)18(7,8)12-14(4)10-2/h1-2,13-14H,11-12H2,3-8H3. The number of hydrogen-bond acceptors (Lipinski definition) is 3. The Hall–Kier alpha value is -1.74. The second-order valence-corrected chi connectivity index (χ2v) is 6.99. The van der Waals surface area contributed by atoms with Crippen molar-refractivity contribution in [2.45, 2.75) is 54.4 Å². The van der Waals surface area contributed by atoms with Gasteiger partial charge in [-0.25, -0.2) is 0 Å². The number of hydrogen-bond donors (Lipinski definition) is 0. The summed E-state index contributed by atoms with van der Waals surface area (Å²) in [6, 6.07) is 0. The highest BCUT2D eigenvalue weighted by molar-refractivity contribution is 5.90. The SMILES string of the molecule is C#CC(C)CC(C)(C)C(=O)OC(=O)C(C)(C)CC(C)C#C. The third kappa shape index (κ3) is 6.05. The van der Waals surface area contributed by atoms with E-state index in [0.29, 0.717) is 12.8 Å². The summed E-state index contributed by atoms with van der Waals surface area (Å²) in [6.45, 7) is 10.6. The molecule has 0 saturated heterocycles. The van der Waals surface area contributed by atoms with Gasteiger partial charge in [-0.3, -0.25) is 9.59 Å². The van der Waals surface area contributed by atoms with Gasteiger partial charge < -0.3 is 4.74 Å². The van der Waals surface area contributed by atoms with E-state index in [1.165, 1.54) is 0 Å². The summed E-state index contributed by atoms with van der Waals surface area (Å²) in [4.78, 5) is 24.4. The Morgan fingerprint density at radius 1 is 0.905 bits per heavy atom. The monoisotopic (exact) mass is 290 g/mol. The molecule has 2 unspecified atom stereocenters. The van der Waals surface area contributed by atoms with Crippen LogP contribution in [-0.2, 0) is 14.3 Å².